The van der Waals surface area contributed by atoms with Crippen LogP contribution in [0.15, 0.2) is 18.2 Å². The highest BCUT2D eigenvalue weighted by Gasteiger charge is 2.14. The van der Waals surface area contributed by atoms with Gasteiger partial charge in [0.25, 0.3) is 5.69 Å². The third kappa shape index (κ3) is 4.85. The van der Waals surface area contributed by atoms with E-state index in [4.69, 9.17) is 4.74 Å². The predicted molar refractivity (Wildman–Crippen MR) is 75.8 cm³/mol. The van der Waals surface area contributed by atoms with E-state index < -0.39 is 11.0 Å². The third-order valence-corrected chi connectivity index (χ3v) is 2.65. The van der Waals surface area contributed by atoms with Gasteiger partial charge in [-0.25, -0.2) is 0 Å². The second-order valence-electron chi connectivity index (χ2n) is 4.46. The maximum Gasteiger partial charge on any atom is 0.271 e. The number of ether oxygens (including phenoxy) is 1. The summed E-state index contributed by atoms with van der Waals surface area (Å²) in [6, 6.07) is 4.15. The van der Waals surface area contributed by atoms with E-state index in [-0.39, 0.29) is 11.6 Å². The smallest absolute Gasteiger partial charge is 0.271 e. The molecule has 1 amide bonds. The summed E-state index contributed by atoms with van der Waals surface area (Å²) in [5.41, 5.74) is 1.30. The van der Waals surface area contributed by atoms with Crippen molar-refractivity contribution in [3.05, 3.63) is 33.9 Å². The number of carbonyl (C=O) groups is 1. The zero-order chi connectivity index (χ0) is 15.1. The number of benzene rings is 1. The van der Waals surface area contributed by atoms with Gasteiger partial charge in [-0.1, -0.05) is 0 Å². The van der Waals surface area contributed by atoms with Gasteiger partial charge in [-0.15, -0.1) is 0 Å². The maximum absolute atomic E-state index is 11.8. The largest absolute Gasteiger partial charge is 0.383 e. The molecule has 0 saturated heterocycles. The fraction of sp³-hybridized carbons (Fsp3) is 0.462. The van der Waals surface area contributed by atoms with E-state index in [1.54, 1.807) is 27.0 Å². The van der Waals surface area contributed by atoms with Gasteiger partial charge in [-0.05, 0) is 25.5 Å². The highest BCUT2D eigenvalue weighted by atomic mass is 16.6. The molecule has 0 fully saturated rings. The summed E-state index contributed by atoms with van der Waals surface area (Å²) in [7, 11) is 1.56. The van der Waals surface area contributed by atoms with Gasteiger partial charge in [0.1, 0.15) is 6.04 Å². The second-order valence-corrected chi connectivity index (χ2v) is 4.46. The number of rotatable bonds is 7. The van der Waals surface area contributed by atoms with Crippen molar-refractivity contribution in [3.63, 3.8) is 0 Å². The Kier molecular flexibility index (Phi) is 5.92. The van der Waals surface area contributed by atoms with Gasteiger partial charge < -0.3 is 15.4 Å². The Bertz CT molecular complexity index is 491. The van der Waals surface area contributed by atoms with Crippen molar-refractivity contribution in [2.75, 3.05) is 25.6 Å². The van der Waals surface area contributed by atoms with Gasteiger partial charge >= 0.3 is 0 Å². The average molecular weight is 281 g/mol. The number of hydrogen-bond donors (Lipinski definition) is 2. The first-order valence-electron chi connectivity index (χ1n) is 6.23. The van der Waals surface area contributed by atoms with Crippen LogP contribution in [-0.2, 0) is 9.53 Å². The molecular weight excluding hydrogens is 262 g/mol. The molecule has 110 valence electrons. The molecule has 7 nitrogen and oxygen atoms in total. The van der Waals surface area contributed by atoms with E-state index in [0.29, 0.717) is 18.8 Å². The molecular formula is C13H19N3O4. The lowest BCUT2D eigenvalue weighted by molar-refractivity contribution is -0.384. The monoisotopic (exact) mass is 281 g/mol. The molecule has 7 heteroatoms. The highest BCUT2D eigenvalue weighted by Crippen LogP contribution is 2.20. The van der Waals surface area contributed by atoms with Gasteiger partial charge in [0.2, 0.25) is 5.91 Å². The fourth-order valence-electron chi connectivity index (χ4n) is 1.70. The van der Waals surface area contributed by atoms with Crippen LogP contribution in [0.2, 0.25) is 0 Å². The number of hydrogen-bond acceptors (Lipinski definition) is 5. The second kappa shape index (κ2) is 7.44. The Hall–Kier alpha value is -2.15. The van der Waals surface area contributed by atoms with E-state index >= 15 is 0 Å². The van der Waals surface area contributed by atoms with Crippen LogP contribution in [0.4, 0.5) is 11.4 Å². The number of nitrogens with one attached hydrogen (secondary N) is 2. The molecule has 0 aliphatic carbocycles. The van der Waals surface area contributed by atoms with Crippen molar-refractivity contribution in [2.24, 2.45) is 0 Å². The van der Waals surface area contributed by atoms with Crippen molar-refractivity contribution < 1.29 is 14.5 Å². The van der Waals surface area contributed by atoms with Gasteiger partial charge in [0.15, 0.2) is 0 Å². The summed E-state index contributed by atoms with van der Waals surface area (Å²) >= 11 is 0. The third-order valence-electron chi connectivity index (χ3n) is 2.65. The standard InChI is InChI=1S/C13H19N3O4/c1-9-6-11(8-12(7-9)16(18)19)15-10(2)13(17)14-4-5-20-3/h6-8,10,15H,4-5H2,1-3H3,(H,14,17). The number of carbonyl (C=O) groups excluding carboxylic acids is 1. The van der Waals surface area contributed by atoms with Gasteiger partial charge in [0, 0.05) is 31.5 Å². The van der Waals surface area contributed by atoms with Crippen LogP contribution in [0.3, 0.4) is 0 Å². The van der Waals surface area contributed by atoms with E-state index in [1.165, 1.54) is 12.1 Å². The Morgan fingerprint density at radius 3 is 2.75 bits per heavy atom. The van der Waals surface area contributed by atoms with Gasteiger partial charge in [0.05, 0.1) is 11.5 Å². The molecule has 0 spiro atoms. The number of non-ortho nitro benzene ring substituents is 1. The fourth-order valence-corrected chi connectivity index (χ4v) is 1.70. The van der Waals surface area contributed by atoms with E-state index in [2.05, 4.69) is 10.6 Å². The van der Waals surface area contributed by atoms with Crippen molar-refractivity contribution in [2.45, 2.75) is 19.9 Å². The predicted octanol–water partition coefficient (Wildman–Crippen LogP) is 1.47. The lowest BCUT2D eigenvalue weighted by atomic mass is 10.2. The summed E-state index contributed by atoms with van der Waals surface area (Å²) < 4.78 is 4.84. The van der Waals surface area contributed by atoms with Crippen molar-refractivity contribution in [1.82, 2.24) is 5.32 Å². The molecule has 1 atom stereocenters. The molecule has 1 rings (SSSR count). The first-order valence-corrected chi connectivity index (χ1v) is 6.23. The molecule has 1 unspecified atom stereocenters. The molecule has 0 saturated carbocycles. The number of nitrogens with zero attached hydrogens (tertiary/aromatic N) is 1. The first kappa shape index (κ1) is 15.9. The number of methoxy groups -OCH3 is 1. The lowest BCUT2D eigenvalue weighted by Crippen LogP contribution is -2.39. The highest BCUT2D eigenvalue weighted by molar-refractivity contribution is 5.84. The zero-order valence-electron chi connectivity index (χ0n) is 11.8. The molecule has 0 bridgehead atoms. The van der Waals surface area contributed by atoms with Crippen LogP contribution >= 0.6 is 0 Å². The number of nitro benzene ring substituents is 1. The Morgan fingerprint density at radius 2 is 2.15 bits per heavy atom. The van der Waals surface area contributed by atoms with E-state index in [0.717, 1.165) is 5.56 Å². The summed E-state index contributed by atoms with van der Waals surface area (Å²) in [4.78, 5) is 22.1. The molecule has 1 aromatic carbocycles. The summed E-state index contributed by atoms with van der Waals surface area (Å²) in [6.45, 7) is 4.32. The quantitative estimate of drug-likeness (QED) is 0.448. The molecule has 1 aromatic rings. The van der Waals surface area contributed by atoms with Crippen molar-refractivity contribution in [3.8, 4) is 0 Å². The molecule has 0 aliphatic heterocycles. The van der Waals surface area contributed by atoms with Crippen molar-refractivity contribution >= 4 is 17.3 Å². The molecule has 0 aliphatic rings. The van der Waals surface area contributed by atoms with Crippen LogP contribution in [0.1, 0.15) is 12.5 Å². The minimum absolute atomic E-state index is 0.000471. The Labute approximate surface area is 117 Å². The van der Waals surface area contributed by atoms with Crippen LogP contribution < -0.4 is 10.6 Å². The summed E-state index contributed by atoms with van der Waals surface area (Å²) in [5.74, 6) is -0.189. The Morgan fingerprint density at radius 1 is 1.45 bits per heavy atom. The van der Waals surface area contributed by atoms with Crippen LogP contribution in [0.5, 0.6) is 0 Å². The van der Waals surface area contributed by atoms with Gasteiger partial charge in [-0.3, -0.25) is 14.9 Å². The van der Waals surface area contributed by atoms with Crippen LogP contribution in [-0.4, -0.2) is 37.1 Å². The molecule has 20 heavy (non-hydrogen) atoms. The van der Waals surface area contributed by atoms with E-state index in [9.17, 15) is 14.9 Å². The van der Waals surface area contributed by atoms with Crippen LogP contribution in [0.25, 0.3) is 0 Å². The number of anilines is 1. The minimum Gasteiger partial charge on any atom is -0.383 e. The number of nitro groups is 1. The molecule has 2 N–H and O–H groups in total. The SMILES string of the molecule is COCCNC(=O)C(C)Nc1cc(C)cc([N+](=O)[O-])c1. The topological polar surface area (TPSA) is 93.5 Å². The molecule has 0 heterocycles. The van der Waals surface area contributed by atoms with Crippen LogP contribution in [0, 0.1) is 17.0 Å². The number of aryl methyl sites for hydroxylation is 1. The molecule has 0 radical (unpaired) electrons. The minimum atomic E-state index is -0.492. The summed E-state index contributed by atoms with van der Waals surface area (Å²) in [6.07, 6.45) is 0. The average Bonchev–Trinajstić information content (AvgIpc) is 2.38. The lowest BCUT2D eigenvalue weighted by Gasteiger charge is -2.15. The Balaban J connectivity index is 2.67. The van der Waals surface area contributed by atoms with Crippen molar-refractivity contribution in [1.29, 1.82) is 0 Å². The first-order chi connectivity index (χ1) is 9.43. The van der Waals surface area contributed by atoms with E-state index in [1.807, 2.05) is 0 Å². The normalized spacial score (nSPS) is 11.8. The molecule has 0 aromatic heterocycles. The van der Waals surface area contributed by atoms with Gasteiger partial charge in [-0.2, -0.15) is 0 Å². The summed E-state index contributed by atoms with van der Waals surface area (Å²) in [5, 5.41) is 16.4. The zero-order valence-corrected chi connectivity index (χ0v) is 11.8. The maximum atomic E-state index is 11.8. The number of amides is 1.